The molecule has 4 nitrogen and oxygen atoms in total. The highest BCUT2D eigenvalue weighted by atomic mass is 32.1. The lowest BCUT2D eigenvalue weighted by atomic mass is 10.1. The minimum absolute atomic E-state index is 0.160. The van der Waals surface area contributed by atoms with Crippen LogP contribution in [0.3, 0.4) is 0 Å². The molecule has 4 aromatic rings. The molecule has 5 heteroatoms. The highest BCUT2D eigenvalue weighted by Gasteiger charge is 2.06. The topological polar surface area (TPSA) is 46.4 Å². The molecule has 0 saturated carbocycles. The molecule has 0 bridgehead atoms. The predicted molar refractivity (Wildman–Crippen MR) is 103 cm³/mol. The van der Waals surface area contributed by atoms with Crippen molar-refractivity contribution in [2.24, 2.45) is 0 Å². The number of thiazole rings is 1. The average Bonchev–Trinajstić information content (AvgIpc) is 3.23. The molecule has 0 spiro atoms. The Kier molecular flexibility index (Phi) is 4.14. The smallest absolute Gasteiger partial charge is 0.248 e. The van der Waals surface area contributed by atoms with E-state index in [2.05, 4.69) is 10.3 Å². The van der Waals surface area contributed by atoms with Crippen molar-refractivity contribution in [3.8, 4) is 11.3 Å². The molecule has 2 heterocycles. The molecule has 0 aliphatic carbocycles. The number of benzene rings is 2. The number of anilines is 1. The maximum absolute atomic E-state index is 12.1. The Balaban J connectivity index is 1.50. The van der Waals surface area contributed by atoms with Crippen molar-refractivity contribution < 1.29 is 4.79 Å². The monoisotopic (exact) mass is 345 g/mol. The van der Waals surface area contributed by atoms with Gasteiger partial charge in [-0.2, -0.15) is 0 Å². The molecule has 2 aromatic heterocycles. The highest BCUT2D eigenvalue weighted by Crippen LogP contribution is 2.24. The molecule has 122 valence electrons. The van der Waals surface area contributed by atoms with E-state index in [1.54, 1.807) is 17.4 Å². The summed E-state index contributed by atoms with van der Waals surface area (Å²) in [7, 11) is 0. The lowest BCUT2D eigenvalue weighted by molar-refractivity contribution is -0.111. The Bertz CT molecular complexity index is 1020. The Morgan fingerprint density at radius 1 is 1.12 bits per heavy atom. The first-order chi connectivity index (χ1) is 12.3. The van der Waals surface area contributed by atoms with Gasteiger partial charge in [0.25, 0.3) is 0 Å². The van der Waals surface area contributed by atoms with Crippen LogP contribution in [-0.2, 0) is 4.79 Å². The average molecular weight is 345 g/mol. The molecule has 0 radical (unpaired) electrons. The van der Waals surface area contributed by atoms with Crippen LogP contribution >= 0.6 is 11.3 Å². The normalized spacial score (nSPS) is 11.2. The van der Waals surface area contributed by atoms with Crippen molar-refractivity contribution in [3.63, 3.8) is 0 Å². The molecule has 0 aliphatic heterocycles. The molecule has 0 unspecified atom stereocenters. The summed E-state index contributed by atoms with van der Waals surface area (Å²) in [5, 5.41) is 4.89. The van der Waals surface area contributed by atoms with Gasteiger partial charge in [0.1, 0.15) is 0 Å². The van der Waals surface area contributed by atoms with Crippen LogP contribution in [0.4, 0.5) is 5.69 Å². The molecule has 1 N–H and O–H groups in total. The van der Waals surface area contributed by atoms with E-state index in [0.29, 0.717) is 0 Å². The number of rotatable bonds is 4. The lowest BCUT2D eigenvalue weighted by Gasteiger charge is -2.04. The summed E-state index contributed by atoms with van der Waals surface area (Å²) >= 11 is 1.60. The summed E-state index contributed by atoms with van der Waals surface area (Å²) in [4.78, 5) is 17.7. The first-order valence-corrected chi connectivity index (χ1v) is 8.73. The van der Waals surface area contributed by atoms with Crippen molar-refractivity contribution >= 4 is 34.0 Å². The summed E-state index contributed by atoms with van der Waals surface area (Å²) in [6.07, 6.45) is 7.30. The van der Waals surface area contributed by atoms with Crippen LogP contribution in [0.1, 0.15) is 5.56 Å². The SMILES string of the molecule is O=C(/C=C/c1ccccc1)Nc1cccc(-c2cn3ccsc3n2)c1. The Morgan fingerprint density at radius 2 is 2.00 bits per heavy atom. The van der Waals surface area contributed by atoms with E-state index in [1.807, 2.05) is 76.8 Å². The molecular formula is C20H15N3OS. The van der Waals surface area contributed by atoms with Gasteiger partial charge in [-0.15, -0.1) is 11.3 Å². The zero-order chi connectivity index (χ0) is 17.1. The van der Waals surface area contributed by atoms with E-state index in [4.69, 9.17) is 0 Å². The van der Waals surface area contributed by atoms with Gasteiger partial charge in [0.2, 0.25) is 5.91 Å². The number of hydrogen-bond donors (Lipinski definition) is 1. The van der Waals surface area contributed by atoms with Gasteiger partial charge in [0, 0.05) is 35.1 Å². The van der Waals surface area contributed by atoms with Crippen LogP contribution in [0.15, 0.2) is 78.4 Å². The van der Waals surface area contributed by atoms with Crippen LogP contribution in [-0.4, -0.2) is 15.3 Å². The van der Waals surface area contributed by atoms with E-state index in [9.17, 15) is 4.79 Å². The Hall–Kier alpha value is -3.18. The maximum Gasteiger partial charge on any atom is 0.248 e. The van der Waals surface area contributed by atoms with E-state index in [0.717, 1.165) is 27.5 Å². The number of amides is 1. The second-order valence-electron chi connectivity index (χ2n) is 5.53. The quantitative estimate of drug-likeness (QED) is 0.544. The minimum Gasteiger partial charge on any atom is -0.322 e. The fraction of sp³-hybridized carbons (Fsp3) is 0. The van der Waals surface area contributed by atoms with Gasteiger partial charge in [-0.25, -0.2) is 4.98 Å². The summed E-state index contributed by atoms with van der Waals surface area (Å²) in [6.45, 7) is 0. The van der Waals surface area contributed by atoms with Crippen LogP contribution in [0, 0.1) is 0 Å². The summed E-state index contributed by atoms with van der Waals surface area (Å²) in [5.41, 5.74) is 3.60. The van der Waals surface area contributed by atoms with Crippen LogP contribution in [0.5, 0.6) is 0 Å². The van der Waals surface area contributed by atoms with Gasteiger partial charge in [0.05, 0.1) is 5.69 Å². The second kappa shape index (κ2) is 6.75. The van der Waals surface area contributed by atoms with Gasteiger partial charge in [0.15, 0.2) is 4.96 Å². The van der Waals surface area contributed by atoms with Crippen LogP contribution in [0.25, 0.3) is 22.3 Å². The van der Waals surface area contributed by atoms with Crippen LogP contribution < -0.4 is 5.32 Å². The van der Waals surface area contributed by atoms with Crippen molar-refractivity contribution in [2.75, 3.05) is 5.32 Å². The second-order valence-corrected chi connectivity index (χ2v) is 6.41. The number of carbonyl (C=O) groups excluding carboxylic acids is 1. The van der Waals surface area contributed by atoms with Gasteiger partial charge in [-0.1, -0.05) is 42.5 Å². The summed E-state index contributed by atoms with van der Waals surface area (Å²) < 4.78 is 1.99. The summed E-state index contributed by atoms with van der Waals surface area (Å²) in [5.74, 6) is -0.160. The van der Waals surface area contributed by atoms with E-state index < -0.39 is 0 Å². The Labute approximate surface area is 149 Å². The maximum atomic E-state index is 12.1. The lowest BCUT2D eigenvalue weighted by Crippen LogP contribution is -2.07. The molecule has 1 amide bonds. The molecule has 0 saturated heterocycles. The van der Waals surface area contributed by atoms with Crippen molar-refractivity contribution in [2.45, 2.75) is 0 Å². The van der Waals surface area contributed by atoms with Gasteiger partial charge in [-0.3, -0.25) is 9.20 Å². The molecule has 4 rings (SSSR count). The zero-order valence-corrected chi connectivity index (χ0v) is 14.1. The van der Waals surface area contributed by atoms with E-state index in [1.165, 1.54) is 6.08 Å². The van der Waals surface area contributed by atoms with Crippen molar-refractivity contribution in [3.05, 3.63) is 84.0 Å². The number of aromatic nitrogens is 2. The largest absolute Gasteiger partial charge is 0.322 e. The van der Waals surface area contributed by atoms with Crippen molar-refractivity contribution in [1.82, 2.24) is 9.38 Å². The minimum atomic E-state index is -0.160. The third-order valence-electron chi connectivity index (χ3n) is 3.75. The number of imidazole rings is 1. The number of fused-ring (bicyclic) bond motifs is 1. The first kappa shape index (κ1) is 15.4. The molecule has 0 atom stereocenters. The number of nitrogens with one attached hydrogen (secondary N) is 1. The van der Waals surface area contributed by atoms with Gasteiger partial charge in [-0.05, 0) is 23.8 Å². The fourth-order valence-corrected chi connectivity index (χ4v) is 3.24. The van der Waals surface area contributed by atoms with E-state index in [-0.39, 0.29) is 5.91 Å². The highest BCUT2D eigenvalue weighted by molar-refractivity contribution is 7.15. The third kappa shape index (κ3) is 3.51. The predicted octanol–water partition coefficient (Wildman–Crippen LogP) is 4.71. The summed E-state index contributed by atoms with van der Waals surface area (Å²) in [6, 6.07) is 17.4. The number of carbonyl (C=O) groups is 1. The number of hydrogen-bond acceptors (Lipinski definition) is 3. The van der Waals surface area contributed by atoms with Gasteiger partial charge >= 0.3 is 0 Å². The standard InChI is InChI=1S/C20H15N3OS/c24-19(10-9-15-5-2-1-3-6-15)21-17-8-4-7-16(13-17)18-14-23-11-12-25-20(23)22-18/h1-14H,(H,21,24)/b10-9+. The van der Waals surface area contributed by atoms with E-state index >= 15 is 0 Å². The zero-order valence-electron chi connectivity index (χ0n) is 13.3. The molecule has 2 aromatic carbocycles. The van der Waals surface area contributed by atoms with Gasteiger partial charge < -0.3 is 5.32 Å². The third-order valence-corrected chi connectivity index (χ3v) is 4.52. The molecule has 25 heavy (non-hydrogen) atoms. The van der Waals surface area contributed by atoms with Crippen molar-refractivity contribution in [1.29, 1.82) is 0 Å². The number of nitrogens with zero attached hydrogens (tertiary/aromatic N) is 2. The molecule has 0 aliphatic rings. The fourth-order valence-electron chi connectivity index (χ4n) is 2.54. The van der Waals surface area contributed by atoms with Crippen LogP contribution in [0.2, 0.25) is 0 Å². The molecule has 0 fully saturated rings. The Morgan fingerprint density at radius 3 is 2.84 bits per heavy atom. The first-order valence-electron chi connectivity index (χ1n) is 7.85. The molecular weight excluding hydrogens is 330 g/mol.